The SMILES string of the molecule is COc1ccccc1NC(=O)/C(C#N)=C/c1c(OC)ccc2ccccc12. The molecule has 27 heavy (non-hydrogen) atoms. The highest BCUT2D eigenvalue weighted by Gasteiger charge is 2.14. The zero-order chi connectivity index (χ0) is 19.2. The number of carbonyl (C=O) groups excluding carboxylic acids is 1. The van der Waals surface area contributed by atoms with Gasteiger partial charge in [0, 0.05) is 5.56 Å². The molecule has 0 aliphatic heterocycles. The van der Waals surface area contributed by atoms with Crippen LogP contribution in [0, 0.1) is 11.3 Å². The molecule has 0 unspecified atom stereocenters. The molecule has 3 aromatic carbocycles. The monoisotopic (exact) mass is 358 g/mol. The molecule has 134 valence electrons. The number of nitrogens with zero attached hydrogens (tertiary/aromatic N) is 1. The Kier molecular flexibility index (Phi) is 5.38. The lowest BCUT2D eigenvalue weighted by molar-refractivity contribution is -0.112. The normalized spacial score (nSPS) is 10.9. The highest BCUT2D eigenvalue weighted by atomic mass is 16.5. The maximum absolute atomic E-state index is 12.7. The topological polar surface area (TPSA) is 71.3 Å². The number of anilines is 1. The molecule has 0 heterocycles. The first-order chi connectivity index (χ1) is 13.2. The number of para-hydroxylation sites is 2. The summed E-state index contributed by atoms with van der Waals surface area (Å²) < 4.78 is 10.7. The molecule has 0 bridgehead atoms. The van der Waals surface area contributed by atoms with Crippen LogP contribution in [-0.4, -0.2) is 20.1 Å². The van der Waals surface area contributed by atoms with E-state index in [1.165, 1.54) is 7.11 Å². The van der Waals surface area contributed by atoms with E-state index in [0.717, 1.165) is 10.8 Å². The molecule has 0 spiro atoms. The molecule has 0 aliphatic carbocycles. The van der Waals surface area contributed by atoms with Gasteiger partial charge in [-0.25, -0.2) is 0 Å². The van der Waals surface area contributed by atoms with E-state index in [-0.39, 0.29) is 5.57 Å². The third-order valence-electron chi connectivity index (χ3n) is 4.16. The van der Waals surface area contributed by atoms with Gasteiger partial charge in [0.2, 0.25) is 0 Å². The smallest absolute Gasteiger partial charge is 0.266 e. The van der Waals surface area contributed by atoms with Crippen molar-refractivity contribution in [1.82, 2.24) is 0 Å². The van der Waals surface area contributed by atoms with Crippen molar-refractivity contribution in [2.45, 2.75) is 0 Å². The minimum atomic E-state index is -0.517. The minimum Gasteiger partial charge on any atom is -0.496 e. The number of benzene rings is 3. The number of carbonyl (C=O) groups is 1. The highest BCUT2D eigenvalue weighted by molar-refractivity contribution is 6.11. The Morgan fingerprint density at radius 1 is 0.963 bits per heavy atom. The maximum atomic E-state index is 12.7. The average molecular weight is 358 g/mol. The van der Waals surface area contributed by atoms with Crippen molar-refractivity contribution < 1.29 is 14.3 Å². The highest BCUT2D eigenvalue weighted by Crippen LogP contribution is 2.30. The van der Waals surface area contributed by atoms with Gasteiger partial charge in [0.15, 0.2) is 0 Å². The van der Waals surface area contributed by atoms with E-state index in [4.69, 9.17) is 9.47 Å². The zero-order valence-electron chi connectivity index (χ0n) is 15.0. The van der Waals surface area contributed by atoms with Crippen molar-refractivity contribution in [2.24, 2.45) is 0 Å². The molecule has 5 nitrogen and oxygen atoms in total. The van der Waals surface area contributed by atoms with Crippen molar-refractivity contribution in [3.63, 3.8) is 0 Å². The van der Waals surface area contributed by atoms with E-state index in [0.29, 0.717) is 22.7 Å². The predicted octanol–water partition coefficient (Wildman–Crippen LogP) is 4.40. The van der Waals surface area contributed by atoms with Gasteiger partial charge >= 0.3 is 0 Å². The van der Waals surface area contributed by atoms with Gasteiger partial charge in [-0.15, -0.1) is 0 Å². The Labute approximate surface area is 157 Å². The van der Waals surface area contributed by atoms with Gasteiger partial charge in [0.1, 0.15) is 23.1 Å². The van der Waals surface area contributed by atoms with Crippen LogP contribution in [0.15, 0.2) is 66.2 Å². The number of nitriles is 1. The van der Waals surface area contributed by atoms with E-state index >= 15 is 0 Å². The van der Waals surface area contributed by atoms with Crippen LogP contribution in [0.3, 0.4) is 0 Å². The van der Waals surface area contributed by atoms with Gasteiger partial charge in [-0.05, 0) is 35.0 Å². The largest absolute Gasteiger partial charge is 0.496 e. The molecule has 3 aromatic rings. The Morgan fingerprint density at radius 2 is 1.67 bits per heavy atom. The first-order valence-corrected chi connectivity index (χ1v) is 8.30. The fourth-order valence-electron chi connectivity index (χ4n) is 2.83. The quantitative estimate of drug-likeness (QED) is 0.542. The van der Waals surface area contributed by atoms with Crippen molar-refractivity contribution in [3.05, 3.63) is 71.8 Å². The van der Waals surface area contributed by atoms with Crippen LogP contribution < -0.4 is 14.8 Å². The summed E-state index contributed by atoms with van der Waals surface area (Å²) in [6, 6.07) is 20.5. The fourth-order valence-corrected chi connectivity index (χ4v) is 2.83. The lowest BCUT2D eigenvalue weighted by Gasteiger charge is -2.11. The van der Waals surface area contributed by atoms with E-state index in [9.17, 15) is 10.1 Å². The summed E-state index contributed by atoms with van der Waals surface area (Å²) in [4.78, 5) is 12.7. The molecule has 0 saturated heterocycles. The molecule has 3 rings (SSSR count). The van der Waals surface area contributed by atoms with Gasteiger partial charge in [-0.2, -0.15) is 5.26 Å². The molecule has 0 saturated carbocycles. The molecule has 0 aromatic heterocycles. The Morgan fingerprint density at radius 3 is 2.41 bits per heavy atom. The molecule has 1 amide bonds. The van der Waals surface area contributed by atoms with Crippen molar-refractivity contribution in [3.8, 4) is 17.6 Å². The number of ether oxygens (including phenoxy) is 2. The molecular formula is C22H18N2O3. The van der Waals surface area contributed by atoms with Crippen LogP contribution >= 0.6 is 0 Å². The number of nitrogens with one attached hydrogen (secondary N) is 1. The molecule has 1 N–H and O–H groups in total. The van der Waals surface area contributed by atoms with Crippen LogP contribution in [-0.2, 0) is 4.79 Å². The van der Waals surface area contributed by atoms with Crippen LogP contribution in [0.2, 0.25) is 0 Å². The van der Waals surface area contributed by atoms with Crippen molar-refractivity contribution in [1.29, 1.82) is 5.26 Å². The summed E-state index contributed by atoms with van der Waals surface area (Å²) in [6.45, 7) is 0. The Balaban J connectivity index is 2.03. The zero-order valence-corrected chi connectivity index (χ0v) is 15.0. The summed E-state index contributed by atoms with van der Waals surface area (Å²) in [5, 5.41) is 14.2. The number of methoxy groups -OCH3 is 2. The minimum absolute atomic E-state index is 0.0319. The van der Waals surface area contributed by atoms with E-state index in [1.54, 1.807) is 37.5 Å². The number of fused-ring (bicyclic) bond motifs is 1. The fraction of sp³-hybridized carbons (Fsp3) is 0.0909. The summed E-state index contributed by atoms with van der Waals surface area (Å²) in [5.74, 6) is 0.592. The Hall–Kier alpha value is -3.78. The van der Waals surface area contributed by atoms with Crippen molar-refractivity contribution in [2.75, 3.05) is 19.5 Å². The van der Waals surface area contributed by atoms with Gasteiger partial charge in [0.25, 0.3) is 5.91 Å². The lowest BCUT2D eigenvalue weighted by Crippen LogP contribution is -2.14. The summed E-state index contributed by atoms with van der Waals surface area (Å²) >= 11 is 0. The first kappa shape index (κ1) is 18.0. The second-order valence-electron chi connectivity index (χ2n) is 5.73. The summed E-state index contributed by atoms with van der Waals surface area (Å²) in [5.41, 5.74) is 1.15. The molecule has 5 heteroatoms. The van der Waals surface area contributed by atoms with Crippen LogP contribution in [0.5, 0.6) is 11.5 Å². The van der Waals surface area contributed by atoms with E-state index in [2.05, 4.69) is 5.32 Å². The van der Waals surface area contributed by atoms with E-state index < -0.39 is 5.91 Å². The predicted molar refractivity (Wildman–Crippen MR) is 106 cm³/mol. The first-order valence-electron chi connectivity index (χ1n) is 8.30. The lowest BCUT2D eigenvalue weighted by atomic mass is 10.0. The van der Waals surface area contributed by atoms with Crippen molar-refractivity contribution >= 4 is 28.4 Å². The second kappa shape index (κ2) is 8.07. The van der Waals surface area contributed by atoms with Gasteiger partial charge in [-0.1, -0.05) is 42.5 Å². The molecule has 0 aliphatic rings. The summed E-state index contributed by atoms with van der Waals surface area (Å²) in [6.07, 6.45) is 1.55. The van der Waals surface area contributed by atoms with Crippen LogP contribution in [0.1, 0.15) is 5.56 Å². The average Bonchev–Trinajstić information content (AvgIpc) is 2.72. The maximum Gasteiger partial charge on any atom is 0.266 e. The molecule has 0 fully saturated rings. The number of rotatable bonds is 5. The number of amides is 1. The Bertz CT molecular complexity index is 1060. The number of hydrogen-bond acceptors (Lipinski definition) is 4. The van der Waals surface area contributed by atoms with Gasteiger partial charge in [-0.3, -0.25) is 4.79 Å². The number of hydrogen-bond donors (Lipinski definition) is 1. The third-order valence-corrected chi connectivity index (χ3v) is 4.16. The van der Waals surface area contributed by atoms with Gasteiger partial charge in [0.05, 0.1) is 19.9 Å². The standard InChI is InChI=1S/C22H18N2O3/c1-26-20-12-11-15-7-3-4-8-17(15)18(20)13-16(14-23)22(25)24-19-9-5-6-10-21(19)27-2/h3-13H,1-2H3,(H,24,25)/b16-13+. The molecule has 0 atom stereocenters. The molecular weight excluding hydrogens is 340 g/mol. The molecule has 0 radical (unpaired) electrons. The third kappa shape index (κ3) is 3.75. The van der Waals surface area contributed by atoms with E-state index in [1.807, 2.05) is 42.5 Å². The summed E-state index contributed by atoms with van der Waals surface area (Å²) in [7, 11) is 3.08. The van der Waals surface area contributed by atoms with Crippen LogP contribution in [0.4, 0.5) is 5.69 Å². The van der Waals surface area contributed by atoms with Gasteiger partial charge < -0.3 is 14.8 Å². The second-order valence-corrected chi connectivity index (χ2v) is 5.73. The van der Waals surface area contributed by atoms with Crippen LogP contribution in [0.25, 0.3) is 16.8 Å².